The van der Waals surface area contributed by atoms with E-state index in [1.165, 1.54) is 5.56 Å². The van der Waals surface area contributed by atoms with E-state index in [1.807, 2.05) is 24.3 Å². The van der Waals surface area contributed by atoms with Crippen molar-refractivity contribution in [1.82, 2.24) is 9.97 Å². The summed E-state index contributed by atoms with van der Waals surface area (Å²) in [7, 11) is 0. The predicted octanol–water partition coefficient (Wildman–Crippen LogP) is 4.80. The van der Waals surface area contributed by atoms with Crippen LogP contribution in [0.15, 0.2) is 46.9 Å². The first-order valence-corrected chi connectivity index (χ1v) is 6.90. The third kappa shape index (κ3) is 2.76. The van der Waals surface area contributed by atoms with Crippen LogP contribution in [-0.2, 0) is 0 Å². The van der Waals surface area contributed by atoms with Gasteiger partial charge in [-0.1, -0.05) is 40.2 Å². The number of rotatable bonds is 2. The summed E-state index contributed by atoms with van der Waals surface area (Å²) in [5, 5.41) is 0. The SMILES string of the molecule is Cc1ccc2nc(C=Cc3ccc(Br)cc3)[nH]c2c1. The molecule has 0 saturated carbocycles. The maximum atomic E-state index is 4.53. The van der Waals surface area contributed by atoms with Crippen LogP contribution in [0.5, 0.6) is 0 Å². The number of fused-ring (bicyclic) bond motifs is 1. The van der Waals surface area contributed by atoms with Crippen molar-refractivity contribution in [2.75, 3.05) is 0 Å². The Labute approximate surface area is 120 Å². The second kappa shape index (κ2) is 5.02. The number of aromatic amines is 1. The quantitative estimate of drug-likeness (QED) is 0.723. The van der Waals surface area contributed by atoms with Gasteiger partial charge in [0.1, 0.15) is 5.82 Å². The van der Waals surface area contributed by atoms with E-state index in [-0.39, 0.29) is 0 Å². The lowest BCUT2D eigenvalue weighted by Crippen LogP contribution is -1.74. The van der Waals surface area contributed by atoms with Crippen LogP contribution < -0.4 is 0 Å². The molecule has 2 aromatic carbocycles. The third-order valence-electron chi connectivity index (χ3n) is 2.96. The van der Waals surface area contributed by atoms with E-state index in [4.69, 9.17) is 0 Å². The molecule has 0 aliphatic rings. The molecule has 0 spiro atoms. The van der Waals surface area contributed by atoms with Crippen LogP contribution in [0.1, 0.15) is 17.0 Å². The number of hydrogen-bond acceptors (Lipinski definition) is 1. The van der Waals surface area contributed by atoms with Gasteiger partial charge in [0.2, 0.25) is 0 Å². The molecule has 0 radical (unpaired) electrons. The molecule has 0 aliphatic carbocycles. The van der Waals surface area contributed by atoms with Gasteiger partial charge in [0, 0.05) is 4.47 Å². The van der Waals surface area contributed by atoms with Crippen molar-refractivity contribution in [2.24, 2.45) is 0 Å². The molecule has 0 atom stereocenters. The van der Waals surface area contributed by atoms with Crippen LogP contribution in [0, 0.1) is 6.92 Å². The van der Waals surface area contributed by atoms with Crippen LogP contribution in [0.25, 0.3) is 23.2 Å². The highest BCUT2D eigenvalue weighted by atomic mass is 79.9. The minimum Gasteiger partial charge on any atom is -0.338 e. The van der Waals surface area contributed by atoms with E-state index < -0.39 is 0 Å². The van der Waals surface area contributed by atoms with E-state index in [9.17, 15) is 0 Å². The third-order valence-corrected chi connectivity index (χ3v) is 3.49. The lowest BCUT2D eigenvalue weighted by Gasteiger charge is -1.92. The average Bonchev–Trinajstić information content (AvgIpc) is 2.80. The summed E-state index contributed by atoms with van der Waals surface area (Å²) >= 11 is 3.43. The monoisotopic (exact) mass is 312 g/mol. The molecule has 3 aromatic rings. The van der Waals surface area contributed by atoms with Gasteiger partial charge in [-0.3, -0.25) is 0 Å². The number of nitrogens with one attached hydrogen (secondary N) is 1. The number of benzene rings is 2. The zero-order valence-electron chi connectivity index (χ0n) is 10.5. The summed E-state index contributed by atoms with van der Waals surface area (Å²) in [4.78, 5) is 7.85. The lowest BCUT2D eigenvalue weighted by molar-refractivity contribution is 1.29. The Hall–Kier alpha value is -1.87. The molecule has 0 bridgehead atoms. The second-order valence-corrected chi connectivity index (χ2v) is 5.44. The molecule has 0 fully saturated rings. The zero-order chi connectivity index (χ0) is 13.2. The standard InChI is InChI=1S/C16H13BrN2/c1-11-2-8-14-15(10-11)19-16(18-14)9-5-12-3-6-13(17)7-4-12/h2-10H,1H3,(H,18,19). The Morgan fingerprint density at radius 3 is 2.63 bits per heavy atom. The predicted molar refractivity (Wildman–Crippen MR) is 83.9 cm³/mol. The number of H-pyrrole nitrogens is 1. The van der Waals surface area contributed by atoms with Crippen molar-refractivity contribution in [3.8, 4) is 0 Å². The number of imidazole rings is 1. The summed E-state index contributed by atoms with van der Waals surface area (Å²) in [6, 6.07) is 14.4. The van der Waals surface area contributed by atoms with E-state index in [0.717, 1.165) is 26.9 Å². The van der Waals surface area contributed by atoms with Crippen molar-refractivity contribution in [2.45, 2.75) is 6.92 Å². The largest absolute Gasteiger partial charge is 0.338 e. The van der Waals surface area contributed by atoms with Gasteiger partial charge in [-0.2, -0.15) is 0 Å². The van der Waals surface area contributed by atoms with Crippen molar-refractivity contribution in [1.29, 1.82) is 0 Å². The van der Waals surface area contributed by atoms with E-state index in [0.29, 0.717) is 0 Å². The smallest absolute Gasteiger partial charge is 0.131 e. The Bertz CT molecular complexity index is 739. The van der Waals surface area contributed by atoms with Gasteiger partial charge < -0.3 is 4.98 Å². The van der Waals surface area contributed by atoms with Crippen LogP contribution >= 0.6 is 15.9 Å². The maximum absolute atomic E-state index is 4.53. The highest BCUT2D eigenvalue weighted by Crippen LogP contribution is 2.16. The first-order chi connectivity index (χ1) is 9.20. The van der Waals surface area contributed by atoms with Crippen LogP contribution in [0.4, 0.5) is 0 Å². The van der Waals surface area contributed by atoms with Crippen molar-refractivity contribution < 1.29 is 0 Å². The normalized spacial score (nSPS) is 11.5. The van der Waals surface area contributed by atoms with Gasteiger partial charge >= 0.3 is 0 Å². The number of aromatic nitrogens is 2. The highest BCUT2D eigenvalue weighted by molar-refractivity contribution is 9.10. The summed E-state index contributed by atoms with van der Waals surface area (Å²) in [5.41, 5.74) is 4.47. The van der Waals surface area contributed by atoms with Gasteiger partial charge in [0.15, 0.2) is 0 Å². The first kappa shape index (κ1) is 12.2. The Kier molecular flexibility index (Phi) is 3.22. The minimum atomic E-state index is 0.878. The maximum Gasteiger partial charge on any atom is 0.131 e. The number of aryl methyl sites for hydroxylation is 1. The van der Waals surface area contributed by atoms with E-state index in [2.05, 4.69) is 63.2 Å². The van der Waals surface area contributed by atoms with E-state index in [1.54, 1.807) is 0 Å². The second-order valence-electron chi connectivity index (χ2n) is 4.53. The van der Waals surface area contributed by atoms with Gasteiger partial charge in [-0.05, 0) is 48.4 Å². The molecule has 3 rings (SSSR count). The molecule has 19 heavy (non-hydrogen) atoms. The molecular formula is C16H13BrN2. The summed E-state index contributed by atoms with van der Waals surface area (Å²) in [6.45, 7) is 2.08. The Morgan fingerprint density at radius 2 is 1.84 bits per heavy atom. The van der Waals surface area contributed by atoms with Crippen molar-refractivity contribution in [3.05, 3.63) is 63.9 Å². The van der Waals surface area contributed by atoms with Gasteiger partial charge in [-0.15, -0.1) is 0 Å². The fourth-order valence-electron chi connectivity index (χ4n) is 1.97. The summed E-state index contributed by atoms with van der Waals surface area (Å²) < 4.78 is 1.09. The molecule has 2 nitrogen and oxygen atoms in total. The molecule has 3 heteroatoms. The van der Waals surface area contributed by atoms with Gasteiger partial charge in [0.05, 0.1) is 11.0 Å². The summed E-state index contributed by atoms with van der Waals surface area (Å²) in [6.07, 6.45) is 4.05. The Morgan fingerprint density at radius 1 is 1.05 bits per heavy atom. The molecule has 0 unspecified atom stereocenters. The fraction of sp³-hybridized carbons (Fsp3) is 0.0625. The Balaban J connectivity index is 1.90. The van der Waals surface area contributed by atoms with Gasteiger partial charge in [-0.25, -0.2) is 4.98 Å². The topological polar surface area (TPSA) is 28.7 Å². The number of nitrogens with zero attached hydrogens (tertiary/aromatic N) is 1. The van der Waals surface area contributed by atoms with Crippen LogP contribution in [0.3, 0.4) is 0 Å². The average molecular weight is 313 g/mol. The lowest BCUT2D eigenvalue weighted by atomic mass is 10.2. The van der Waals surface area contributed by atoms with E-state index >= 15 is 0 Å². The van der Waals surface area contributed by atoms with Crippen LogP contribution in [-0.4, -0.2) is 9.97 Å². The van der Waals surface area contributed by atoms with Gasteiger partial charge in [0.25, 0.3) is 0 Å². The molecule has 94 valence electrons. The number of hydrogen-bond donors (Lipinski definition) is 1. The molecule has 0 amide bonds. The van der Waals surface area contributed by atoms with Crippen LogP contribution in [0.2, 0.25) is 0 Å². The van der Waals surface area contributed by atoms with Crippen molar-refractivity contribution in [3.63, 3.8) is 0 Å². The van der Waals surface area contributed by atoms with Crippen molar-refractivity contribution >= 4 is 39.1 Å². The highest BCUT2D eigenvalue weighted by Gasteiger charge is 1.99. The fourth-order valence-corrected chi connectivity index (χ4v) is 2.24. The summed E-state index contributed by atoms with van der Waals surface area (Å²) in [5.74, 6) is 0.878. The zero-order valence-corrected chi connectivity index (χ0v) is 12.1. The number of halogens is 1. The molecular weight excluding hydrogens is 300 g/mol. The molecule has 1 heterocycles. The molecule has 0 aliphatic heterocycles. The molecule has 0 saturated heterocycles. The molecule has 1 N–H and O–H groups in total. The molecule has 1 aromatic heterocycles. The first-order valence-electron chi connectivity index (χ1n) is 6.11. The minimum absolute atomic E-state index is 0.878.